The fourth-order valence-electron chi connectivity index (χ4n) is 5.97. The van der Waals surface area contributed by atoms with E-state index in [1.54, 1.807) is 6.08 Å². The summed E-state index contributed by atoms with van der Waals surface area (Å²) in [6.07, 6.45) is 6.23. The predicted molar refractivity (Wildman–Crippen MR) is 77.4 cm³/mol. The van der Waals surface area contributed by atoms with Crippen molar-refractivity contribution >= 4 is 11.6 Å². The highest BCUT2D eigenvalue weighted by atomic mass is 19.1. The van der Waals surface area contributed by atoms with Crippen molar-refractivity contribution < 1.29 is 14.0 Å². The number of ketones is 2. The van der Waals surface area contributed by atoms with Gasteiger partial charge in [0.2, 0.25) is 0 Å². The van der Waals surface area contributed by atoms with Crippen LogP contribution in [0.5, 0.6) is 0 Å². The molecule has 0 spiro atoms. The fraction of sp³-hybridized carbons (Fsp3) is 0.778. The molecule has 4 rings (SSSR count). The Morgan fingerprint density at radius 2 is 1.95 bits per heavy atom. The van der Waals surface area contributed by atoms with Gasteiger partial charge in [-0.05, 0) is 61.9 Å². The molecule has 3 fully saturated rings. The molecule has 21 heavy (non-hydrogen) atoms. The first-order valence-corrected chi connectivity index (χ1v) is 8.41. The summed E-state index contributed by atoms with van der Waals surface area (Å²) in [5.74, 6) is 1.54. The second-order valence-corrected chi connectivity index (χ2v) is 7.82. The highest BCUT2D eigenvalue weighted by Crippen LogP contribution is 2.61. The van der Waals surface area contributed by atoms with Gasteiger partial charge < -0.3 is 0 Å². The summed E-state index contributed by atoms with van der Waals surface area (Å²) in [4.78, 5) is 23.9. The molecule has 3 unspecified atom stereocenters. The van der Waals surface area contributed by atoms with E-state index in [9.17, 15) is 14.0 Å². The quantitative estimate of drug-likeness (QED) is 0.682. The summed E-state index contributed by atoms with van der Waals surface area (Å²) >= 11 is 0. The van der Waals surface area contributed by atoms with E-state index in [4.69, 9.17) is 0 Å². The van der Waals surface area contributed by atoms with Crippen LogP contribution in [0.2, 0.25) is 0 Å². The summed E-state index contributed by atoms with van der Waals surface area (Å²) in [6.45, 7) is 2.01. The van der Waals surface area contributed by atoms with E-state index in [1.807, 2.05) is 6.92 Å². The summed E-state index contributed by atoms with van der Waals surface area (Å²) in [6, 6.07) is 0. The second kappa shape index (κ2) is 4.50. The minimum atomic E-state index is -0.875. The van der Waals surface area contributed by atoms with Gasteiger partial charge in [-0.3, -0.25) is 9.59 Å². The lowest BCUT2D eigenvalue weighted by atomic mass is 9.51. The number of allylic oxidation sites excluding steroid dienone is 1. The number of halogens is 1. The molecule has 0 amide bonds. The topological polar surface area (TPSA) is 34.1 Å². The maximum Gasteiger partial charge on any atom is 0.155 e. The molecule has 0 aromatic heterocycles. The van der Waals surface area contributed by atoms with E-state index < -0.39 is 11.6 Å². The lowest BCUT2D eigenvalue weighted by Gasteiger charge is -2.53. The molecule has 0 aromatic carbocycles. The number of alkyl halides is 1. The first-order chi connectivity index (χ1) is 10.0. The Balaban J connectivity index is 1.70. The Hall–Kier alpha value is -0.990. The summed E-state index contributed by atoms with van der Waals surface area (Å²) in [5.41, 5.74) is 0.787. The number of carbonyl (C=O) groups excluding carboxylic acids is 2. The van der Waals surface area contributed by atoms with E-state index >= 15 is 0 Å². The third kappa shape index (κ3) is 1.82. The van der Waals surface area contributed by atoms with E-state index in [1.165, 1.54) is 5.57 Å². The summed E-state index contributed by atoms with van der Waals surface area (Å²) in [5, 5.41) is 0. The fourth-order valence-corrected chi connectivity index (χ4v) is 5.97. The molecule has 114 valence electrons. The number of carbonyl (C=O) groups is 2. The van der Waals surface area contributed by atoms with Crippen molar-refractivity contribution in [3.05, 3.63) is 11.6 Å². The Labute approximate surface area is 125 Å². The van der Waals surface area contributed by atoms with Gasteiger partial charge in [0.1, 0.15) is 12.0 Å². The molecular formula is C18H23FO2. The third-order valence-corrected chi connectivity index (χ3v) is 6.94. The number of hydrogen-bond acceptors (Lipinski definition) is 2. The van der Waals surface area contributed by atoms with Gasteiger partial charge in [0, 0.05) is 18.3 Å². The van der Waals surface area contributed by atoms with E-state index in [0.29, 0.717) is 31.1 Å². The maximum absolute atomic E-state index is 15.0. The largest absolute Gasteiger partial charge is 0.299 e. The molecule has 0 saturated heterocycles. The number of hydrogen-bond donors (Lipinski definition) is 0. The van der Waals surface area contributed by atoms with Crippen molar-refractivity contribution in [3.8, 4) is 0 Å². The average molecular weight is 290 g/mol. The molecule has 0 aromatic rings. The molecule has 0 heterocycles. The number of fused-ring (bicyclic) bond motifs is 5. The van der Waals surface area contributed by atoms with Crippen LogP contribution in [0, 0.1) is 29.1 Å². The van der Waals surface area contributed by atoms with Gasteiger partial charge in [-0.25, -0.2) is 4.39 Å². The van der Waals surface area contributed by atoms with Crippen LogP contribution >= 0.6 is 0 Å². The molecular weight excluding hydrogens is 267 g/mol. The third-order valence-electron chi connectivity index (χ3n) is 6.94. The van der Waals surface area contributed by atoms with Gasteiger partial charge in [-0.1, -0.05) is 12.5 Å². The Morgan fingerprint density at radius 1 is 1.14 bits per heavy atom. The highest BCUT2D eigenvalue weighted by molar-refractivity contribution is 5.91. The Bertz CT molecular complexity index is 537. The number of rotatable bonds is 0. The first-order valence-electron chi connectivity index (χ1n) is 8.41. The maximum atomic E-state index is 15.0. The van der Waals surface area contributed by atoms with Gasteiger partial charge in [0.05, 0.1) is 0 Å². The van der Waals surface area contributed by atoms with E-state index in [2.05, 4.69) is 0 Å². The monoisotopic (exact) mass is 290 g/mol. The smallest absolute Gasteiger partial charge is 0.155 e. The zero-order chi connectivity index (χ0) is 14.8. The van der Waals surface area contributed by atoms with Crippen LogP contribution in [0.4, 0.5) is 4.39 Å². The predicted octanol–water partition coefficient (Wildman–Crippen LogP) is 3.65. The van der Waals surface area contributed by atoms with E-state index in [-0.39, 0.29) is 23.4 Å². The molecule has 0 radical (unpaired) electrons. The Kier molecular flexibility index (Phi) is 2.93. The van der Waals surface area contributed by atoms with Crippen LogP contribution in [0.25, 0.3) is 0 Å². The summed E-state index contributed by atoms with van der Waals surface area (Å²) in [7, 11) is 0. The minimum Gasteiger partial charge on any atom is -0.299 e. The minimum absolute atomic E-state index is 0.0575. The molecule has 4 aliphatic carbocycles. The normalized spacial score (nSPS) is 49.2. The van der Waals surface area contributed by atoms with Gasteiger partial charge in [0.25, 0.3) is 0 Å². The molecule has 0 aliphatic heterocycles. The Morgan fingerprint density at radius 3 is 2.76 bits per heavy atom. The average Bonchev–Trinajstić information content (AvgIpc) is 2.74. The molecule has 3 saturated carbocycles. The van der Waals surface area contributed by atoms with E-state index in [0.717, 1.165) is 25.7 Å². The van der Waals surface area contributed by atoms with Crippen molar-refractivity contribution in [2.24, 2.45) is 29.1 Å². The van der Waals surface area contributed by atoms with Crippen molar-refractivity contribution in [1.82, 2.24) is 0 Å². The van der Waals surface area contributed by atoms with Crippen molar-refractivity contribution in [2.45, 2.75) is 58.0 Å². The lowest BCUT2D eigenvalue weighted by Crippen LogP contribution is -2.51. The van der Waals surface area contributed by atoms with Gasteiger partial charge in [-0.15, -0.1) is 0 Å². The molecule has 2 nitrogen and oxygen atoms in total. The molecule has 3 heteroatoms. The van der Waals surface area contributed by atoms with Gasteiger partial charge >= 0.3 is 0 Å². The molecule has 0 bridgehead atoms. The van der Waals surface area contributed by atoms with Crippen LogP contribution in [0.3, 0.4) is 0 Å². The number of Topliss-reactive ketones (excluding diaryl/α,β-unsaturated/α-hetero) is 1. The van der Waals surface area contributed by atoms with Gasteiger partial charge in [-0.2, -0.15) is 0 Å². The van der Waals surface area contributed by atoms with Crippen LogP contribution < -0.4 is 0 Å². The lowest BCUT2D eigenvalue weighted by molar-refractivity contribution is -0.135. The van der Waals surface area contributed by atoms with Crippen LogP contribution in [0.15, 0.2) is 11.6 Å². The first kappa shape index (κ1) is 13.7. The molecule has 0 N–H and O–H groups in total. The molecule has 4 aliphatic rings. The van der Waals surface area contributed by atoms with Gasteiger partial charge in [0.15, 0.2) is 5.78 Å². The second-order valence-electron chi connectivity index (χ2n) is 7.82. The standard InChI is InChI=1S/C18H23FO2/c1-18-9-15(19)17-12-5-3-11(20)8-10(12)2-4-13(17)14(18)6-7-16(18)21/h8,12-15,17H,2-7,9H2,1H3/t12-,13?,14?,15-,17?,18-/m0/s1. The van der Waals surface area contributed by atoms with Crippen LogP contribution in [0.1, 0.15) is 51.9 Å². The summed E-state index contributed by atoms with van der Waals surface area (Å²) < 4.78 is 15.0. The van der Waals surface area contributed by atoms with Crippen molar-refractivity contribution in [3.63, 3.8) is 0 Å². The van der Waals surface area contributed by atoms with Crippen molar-refractivity contribution in [1.29, 1.82) is 0 Å². The highest BCUT2D eigenvalue weighted by Gasteiger charge is 2.59. The van der Waals surface area contributed by atoms with Crippen LogP contribution in [-0.2, 0) is 9.59 Å². The van der Waals surface area contributed by atoms with Crippen LogP contribution in [-0.4, -0.2) is 17.7 Å². The van der Waals surface area contributed by atoms with Crippen molar-refractivity contribution in [2.75, 3.05) is 0 Å². The SMILES string of the molecule is C[C@]12C[C@H](F)C3C(CCC4=CC(=O)CC[C@@H]43)C1CCC2=O. The zero-order valence-corrected chi connectivity index (χ0v) is 12.6. The zero-order valence-electron chi connectivity index (χ0n) is 12.6. The molecule has 6 atom stereocenters.